The average Bonchev–Trinajstić information content (AvgIpc) is 2.65. The topological polar surface area (TPSA) is 26.0 Å². The summed E-state index contributed by atoms with van der Waals surface area (Å²) >= 11 is 0. The molecule has 0 aliphatic rings. The van der Waals surface area contributed by atoms with E-state index in [1.165, 1.54) is 15.9 Å². The van der Waals surface area contributed by atoms with E-state index in [2.05, 4.69) is 105 Å². The summed E-state index contributed by atoms with van der Waals surface area (Å²) < 4.78 is 0. The quantitative estimate of drug-likeness (QED) is 0.612. The van der Waals surface area contributed by atoms with Crippen molar-refractivity contribution in [3.63, 3.8) is 0 Å². The van der Waals surface area contributed by atoms with Crippen LogP contribution in [0.2, 0.25) is 0 Å². The van der Waals surface area contributed by atoms with Crippen LogP contribution in [0.3, 0.4) is 0 Å². The lowest BCUT2D eigenvalue weighted by molar-refractivity contribution is -0.00000495. The Bertz CT molecular complexity index is 676. The number of halogens is 1. The van der Waals surface area contributed by atoms with E-state index in [1.54, 1.807) is 0 Å². The van der Waals surface area contributed by atoms with Gasteiger partial charge in [-0.25, -0.2) is 0 Å². The molecule has 0 aliphatic heterocycles. The maximum absolute atomic E-state index is 6.33. The van der Waals surface area contributed by atoms with Gasteiger partial charge in [0.1, 0.15) is 28.3 Å². The van der Waals surface area contributed by atoms with E-state index in [0.29, 0.717) is 6.54 Å². The van der Waals surface area contributed by atoms with Crippen molar-refractivity contribution in [2.24, 2.45) is 5.73 Å². The van der Waals surface area contributed by atoms with Crippen molar-refractivity contribution in [2.75, 3.05) is 6.54 Å². The van der Waals surface area contributed by atoms with Crippen LogP contribution in [-0.2, 0) is 0 Å². The van der Waals surface area contributed by atoms with Gasteiger partial charge in [0.2, 0.25) is 0 Å². The van der Waals surface area contributed by atoms with E-state index in [-0.39, 0.29) is 22.1 Å². The molecule has 0 aromatic heterocycles. The zero-order valence-electron chi connectivity index (χ0n) is 14.8. The zero-order valence-corrected chi connectivity index (χ0v) is 17.3. The maximum Gasteiger partial charge on any atom is 0.118 e. The van der Waals surface area contributed by atoms with E-state index in [4.69, 9.17) is 5.73 Å². The highest BCUT2D eigenvalue weighted by molar-refractivity contribution is 7.96. The molecule has 0 saturated heterocycles. The summed E-state index contributed by atoms with van der Waals surface area (Å²) in [6.45, 7) is 5.26. The third-order valence-corrected chi connectivity index (χ3v) is 10.1. The SMILES string of the molecule is CC(C)(CN)[P+](c1ccccc1)(c1ccccc1)c1ccccc1.[Br-]. The van der Waals surface area contributed by atoms with Gasteiger partial charge in [0.25, 0.3) is 0 Å². The molecule has 3 heteroatoms. The van der Waals surface area contributed by atoms with Crippen LogP contribution in [0.15, 0.2) is 91.0 Å². The molecule has 2 N–H and O–H groups in total. The van der Waals surface area contributed by atoms with Crippen LogP contribution < -0.4 is 38.6 Å². The summed E-state index contributed by atoms with van der Waals surface area (Å²) in [5.74, 6) is 0. The van der Waals surface area contributed by atoms with Gasteiger partial charge in [-0.1, -0.05) is 54.6 Å². The molecule has 0 fully saturated rings. The van der Waals surface area contributed by atoms with Crippen molar-refractivity contribution in [2.45, 2.75) is 19.0 Å². The molecule has 3 rings (SSSR count). The largest absolute Gasteiger partial charge is 1.00 e. The molecule has 0 unspecified atom stereocenters. The lowest BCUT2D eigenvalue weighted by Gasteiger charge is -2.39. The first kappa shape index (κ1) is 19.8. The molecular formula is C22H25BrNP. The van der Waals surface area contributed by atoms with Crippen molar-refractivity contribution >= 4 is 23.2 Å². The van der Waals surface area contributed by atoms with Crippen LogP contribution in [0.5, 0.6) is 0 Å². The van der Waals surface area contributed by atoms with E-state index in [1.807, 2.05) is 0 Å². The summed E-state index contributed by atoms with van der Waals surface area (Å²) in [6, 6.07) is 32.7. The van der Waals surface area contributed by atoms with Gasteiger partial charge in [-0.05, 0) is 50.2 Å². The predicted octanol–water partition coefficient (Wildman–Crippen LogP) is 0.722. The Hall–Kier alpha value is -1.47. The molecule has 1 nitrogen and oxygen atoms in total. The van der Waals surface area contributed by atoms with Crippen molar-refractivity contribution in [1.29, 1.82) is 0 Å². The van der Waals surface area contributed by atoms with Crippen LogP contribution in [0.1, 0.15) is 13.8 Å². The molecular weight excluding hydrogens is 389 g/mol. The Morgan fingerprint density at radius 1 is 0.640 bits per heavy atom. The van der Waals surface area contributed by atoms with Gasteiger partial charge in [-0.3, -0.25) is 0 Å². The fourth-order valence-corrected chi connectivity index (χ4v) is 8.71. The highest BCUT2D eigenvalue weighted by Gasteiger charge is 2.56. The summed E-state index contributed by atoms with van der Waals surface area (Å²) in [4.78, 5) is 0. The maximum atomic E-state index is 6.33. The smallest absolute Gasteiger partial charge is 0.118 e. The minimum atomic E-state index is -1.88. The normalized spacial score (nSPS) is 11.6. The number of benzene rings is 3. The number of hydrogen-bond donors (Lipinski definition) is 1. The minimum Gasteiger partial charge on any atom is -1.00 e. The van der Waals surface area contributed by atoms with Crippen molar-refractivity contribution < 1.29 is 17.0 Å². The Kier molecular flexibility index (Phi) is 6.57. The molecule has 0 aliphatic carbocycles. The molecule has 25 heavy (non-hydrogen) atoms. The highest BCUT2D eigenvalue weighted by Crippen LogP contribution is 2.65. The van der Waals surface area contributed by atoms with Gasteiger partial charge in [0.05, 0.1) is 0 Å². The van der Waals surface area contributed by atoms with E-state index in [0.717, 1.165) is 0 Å². The molecule has 0 radical (unpaired) electrons. The van der Waals surface area contributed by atoms with Gasteiger partial charge < -0.3 is 22.7 Å². The molecule has 0 heterocycles. The molecule has 3 aromatic carbocycles. The third-order valence-electron chi connectivity index (χ3n) is 4.84. The summed E-state index contributed by atoms with van der Waals surface area (Å²) in [5.41, 5.74) is 6.33. The fraction of sp³-hybridized carbons (Fsp3) is 0.182. The Morgan fingerprint density at radius 2 is 0.920 bits per heavy atom. The minimum absolute atomic E-state index is 0. The van der Waals surface area contributed by atoms with E-state index >= 15 is 0 Å². The zero-order chi connectivity index (χ0) is 17.0. The molecule has 3 aromatic rings. The van der Waals surface area contributed by atoms with Gasteiger partial charge in [0, 0.05) is 6.54 Å². The number of nitrogens with two attached hydrogens (primary N) is 1. The fourth-order valence-electron chi connectivity index (χ4n) is 3.59. The average molecular weight is 414 g/mol. The lowest BCUT2D eigenvalue weighted by atomic mass is 10.2. The second-order valence-corrected chi connectivity index (χ2v) is 10.8. The second kappa shape index (κ2) is 8.27. The molecule has 0 spiro atoms. The van der Waals surface area contributed by atoms with Gasteiger partial charge in [0.15, 0.2) is 0 Å². The third kappa shape index (κ3) is 3.44. The summed E-state index contributed by atoms with van der Waals surface area (Å²) in [6.07, 6.45) is 0. The highest BCUT2D eigenvalue weighted by atomic mass is 79.9. The molecule has 0 amide bonds. The van der Waals surface area contributed by atoms with Crippen molar-refractivity contribution in [1.82, 2.24) is 0 Å². The number of rotatable bonds is 5. The molecule has 0 bridgehead atoms. The Balaban J connectivity index is 0.00000225. The molecule has 0 saturated carbocycles. The lowest BCUT2D eigenvalue weighted by Crippen LogP contribution is -3.00. The van der Waals surface area contributed by atoms with Crippen molar-refractivity contribution in [3.05, 3.63) is 91.0 Å². The monoisotopic (exact) mass is 413 g/mol. The second-order valence-electron chi connectivity index (χ2n) is 6.69. The predicted molar refractivity (Wildman–Crippen MR) is 108 cm³/mol. The van der Waals surface area contributed by atoms with E-state index in [9.17, 15) is 0 Å². The van der Waals surface area contributed by atoms with Crippen LogP contribution in [-0.4, -0.2) is 11.7 Å². The van der Waals surface area contributed by atoms with Crippen LogP contribution in [0, 0.1) is 0 Å². The first-order valence-corrected chi connectivity index (χ1v) is 10.2. The Morgan fingerprint density at radius 3 is 1.16 bits per heavy atom. The summed E-state index contributed by atoms with van der Waals surface area (Å²) in [7, 11) is -1.88. The molecule has 0 atom stereocenters. The van der Waals surface area contributed by atoms with Crippen LogP contribution in [0.25, 0.3) is 0 Å². The van der Waals surface area contributed by atoms with Gasteiger partial charge >= 0.3 is 0 Å². The van der Waals surface area contributed by atoms with Crippen molar-refractivity contribution in [3.8, 4) is 0 Å². The van der Waals surface area contributed by atoms with Gasteiger partial charge in [-0.15, -0.1) is 0 Å². The summed E-state index contributed by atoms with van der Waals surface area (Å²) in [5, 5.41) is 4.12. The standard InChI is InChI=1S/C22H25NP.BrH/c1-22(2,18-23)24(19-12-6-3-7-13-19,20-14-8-4-9-15-20)21-16-10-5-11-17-21;/h3-17H,18,23H2,1-2H3;1H/q+1;/p-1. The van der Waals surface area contributed by atoms with Crippen LogP contribution in [0.4, 0.5) is 0 Å². The molecule has 130 valence electrons. The first-order chi connectivity index (χ1) is 11.6. The van der Waals surface area contributed by atoms with Gasteiger partial charge in [-0.2, -0.15) is 0 Å². The van der Waals surface area contributed by atoms with E-state index < -0.39 is 7.26 Å². The number of hydrogen-bond acceptors (Lipinski definition) is 1. The first-order valence-electron chi connectivity index (χ1n) is 8.39. The Labute approximate surface area is 162 Å². The van der Waals surface area contributed by atoms with Crippen LogP contribution >= 0.6 is 7.26 Å².